The van der Waals surface area contributed by atoms with Crippen LogP contribution in [0.25, 0.3) is 0 Å². The molecule has 0 aliphatic heterocycles. The van der Waals surface area contributed by atoms with Crippen LogP contribution >= 0.6 is 0 Å². The van der Waals surface area contributed by atoms with Gasteiger partial charge in [0.2, 0.25) is 0 Å². The Bertz CT molecular complexity index is 484. The molecule has 0 bridgehead atoms. The van der Waals surface area contributed by atoms with Gasteiger partial charge >= 0.3 is 5.97 Å². The maximum Gasteiger partial charge on any atom is 0.385 e. The highest BCUT2D eigenvalue weighted by Crippen LogP contribution is 2.14. The van der Waals surface area contributed by atoms with Gasteiger partial charge < -0.3 is 9.84 Å². The van der Waals surface area contributed by atoms with Crippen molar-refractivity contribution < 1.29 is 14.6 Å². The van der Waals surface area contributed by atoms with Crippen molar-refractivity contribution >= 4 is 5.97 Å². The summed E-state index contributed by atoms with van der Waals surface area (Å²) >= 11 is 0. The van der Waals surface area contributed by atoms with E-state index in [9.17, 15) is 9.90 Å². The van der Waals surface area contributed by atoms with Crippen LogP contribution in [0.5, 0.6) is 5.75 Å². The quantitative estimate of drug-likeness (QED) is 0.552. The highest BCUT2D eigenvalue weighted by atomic mass is 16.6. The summed E-state index contributed by atoms with van der Waals surface area (Å²) in [5.74, 6) is 4.78. The second-order valence-corrected chi connectivity index (χ2v) is 4.75. The summed E-state index contributed by atoms with van der Waals surface area (Å²) in [7, 11) is 0. The van der Waals surface area contributed by atoms with Crippen molar-refractivity contribution in [1.82, 2.24) is 0 Å². The Morgan fingerprint density at radius 2 is 2.00 bits per heavy atom. The van der Waals surface area contributed by atoms with Crippen molar-refractivity contribution in [2.75, 3.05) is 0 Å². The molecule has 1 aromatic carbocycles. The summed E-state index contributed by atoms with van der Waals surface area (Å²) in [6, 6.07) is 4.80. The third-order valence-electron chi connectivity index (χ3n) is 1.91. The molecule has 0 spiro atoms. The number of rotatable bonds is 0. The molecule has 3 heteroatoms. The van der Waals surface area contributed by atoms with Gasteiger partial charge in [-0.1, -0.05) is 5.92 Å². The van der Waals surface area contributed by atoms with Gasteiger partial charge in [0.25, 0.3) is 0 Å². The van der Waals surface area contributed by atoms with Gasteiger partial charge in [0.05, 0.1) is 0 Å². The second kappa shape index (κ2) is 4.92. The fourth-order valence-electron chi connectivity index (χ4n) is 1.21. The third-order valence-corrected chi connectivity index (χ3v) is 1.91. The van der Waals surface area contributed by atoms with Gasteiger partial charge in [0, 0.05) is 11.5 Å². The lowest BCUT2D eigenvalue weighted by Gasteiger charge is -2.16. The first kappa shape index (κ1) is 13.1. The number of carbonyl (C=O) groups is 1. The predicted octanol–water partition coefficient (Wildman–Crippen LogP) is 2.39. The van der Waals surface area contributed by atoms with Crippen LogP contribution in [-0.4, -0.2) is 16.7 Å². The van der Waals surface area contributed by atoms with E-state index < -0.39 is 11.6 Å². The average molecular weight is 232 g/mol. The lowest BCUT2D eigenvalue weighted by Crippen LogP contribution is -2.22. The molecule has 0 amide bonds. The van der Waals surface area contributed by atoms with Crippen LogP contribution in [-0.2, 0) is 9.53 Å². The van der Waals surface area contributed by atoms with E-state index in [4.69, 9.17) is 4.74 Å². The zero-order valence-corrected chi connectivity index (χ0v) is 10.5. The van der Waals surface area contributed by atoms with Crippen LogP contribution in [0.15, 0.2) is 18.2 Å². The fraction of sp³-hybridized carbons (Fsp3) is 0.357. The number of benzene rings is 1. The zero-order valence-electron chi connectivity index (χ0n) is 10.5. The monoisotopic (exact) mass is 232 g/mol. The molecule has 0 aromatic heterocycles. The summed E-state index contributed by atoms with van der Waals surface area (Å²) in [5.41, 5.74) is 0.991. The molecule has 0 aliphatic carbocycles. The molecule has 0 atom stereocenters. The number of aryl methyl sites for hydroxylation is 1. The summed E-state index contributed by atoms with van der Waals surface area (Å²) in [4.78, 5) is 11.4. The van der Waals surface area contributed by atoms with E-state index in [1.165, 1.54) is 6.07 Å². The predicted molar refractivity (Wildman–Crippen MR) is 65.6 cm³/mol. The second-order valence-electron chi connectivity index (χ2n) is 4.75. The van der Waals surface area contributed by atoms with Gasteiger partial charge in [0.1, 0.15) is 11.4 Å². The van der Waals surface area contributed by atoms with E-state index in [-0.39, 0.29) is 5.75 Å². The van der Waals surface area contributed by atoms with Crippen molar-refractivity contribution in [3.05, 3.63) is 29.3 Å². The average Bonchev–Trinajstić information content (AvgIpc) is 2.13. The number of phenolic OH excluding ortho intramolecular Hbond substituents is 1. The van der Waals surface area contributed by atoms with Gasteiger partial charge in [-0.2, -0.15) is 0 Å². The van der Waals surface area contributed by atoms with Crippen LogP contribution in [0.3, 0.4) is 0 Å². The van der Waals surface area contributed by atoms with Crippen molar-refractivity contribution in [2.45, 2.75) is 33.3 Å². The molecule has 1 N–H and O–H groups in total. The Labute approximate surface area is 101 Å². The number of hydrogen-bond donors (Lipinski definition) is 1. The van der Waals surface area contributed by atoms with Gasteiger partial charge in [0.15, 0.2) is 0 Å². The summed E-state index contributed by atoms with van der Waals surface area (Å²) in [5, 5.41) is 9.23. The Balaban J connectivity index is 2.82. The Hall–Kier alpha value is -1.95. The first-order valence-electron chi connectivity index (χ1n) is 5.32. The van der Waals surface area contributed by atoms with Crippen molar-refractivity contribution in [3.8, 4) is 17.6 Å². The molecule has 0 saturated carbocycles. The van der Waals surface area contributed by atoms with Crippen LogP contribution in [0.2, 0.25) is 0 Å². The van der Waals surface area contributed by atoms with Crippen LogP contribution in [0.1, 0.15) is 31.9 Å². The number of esters is 1. The van der Waals surface area contributed by atoms with Crippen molar-refractivity contribution in [3.63, 3.8) is 0 Å². The molecule has 3 nitrogen and oxygen atoms in total. The minimum Gasteiger partial charge on any atom is -0.508 e. The van der Waals surface area contributed by atoms with Gasteiger partial charge in [-0.05, 0) is 51.5 Å². The number of hydrogen-bond acceptors (Lipinski definition) is 3. The van der Waals surface area contributed by atoms with Gasteiger partial charge in [-0.15, -0.1) is 0 Å². The minimum atomic E-state index is -0.551. The first-order chi connectivity index (χ1) is 7.78. The molecule has 0 fully saturated rings. The molecule has 0 unspecified atom stereocenters. The summed E-state index contributed by atoms with van der Waals surface area (Å²) in [6.07, 6.45) is 0. The van der Waals surface area contributed by atoms with Crippen molar-refractivity contribution in [1.29, 1.82) is 0 Å². The molecule has 1 aromatic rings. The number of ether oxygens (including phenoxy) is 1. The number of carbonyl (C=O) groups excluding carboxylic acids is 1. The van der Waals surface area contributed by atoms with Crippen LogP contribution in [0.4, 0.5) is 0 Å². The van der Waals surface area contributed by atoms with Gasteiger partial charge in [-0.25, -0.2) is 4.79 Å². The highest BCUT2D eigenvalue weighted by Gasteiger charge is 2.14. The molecule has 90 valence electrons. The molecular formula is C14H16O3. The largest absolute Gasteiger partial charge is 0.508 e. The Morgan fingerprint density at radius 3 is 2.53 bits per heavy atom. The molecule has 0 heterocycles. The molecular weight excluding hydrogens is 216 g/mol. The third kappa shape index (κ3) is 4.60. The molecule has 17 heavy (non-hydrogen) atoms. The first-order valence-corrected chi connectivity index (χ1v) is 5.32. The van der Waals surface area contributed by atoms with E-state index >= 15 is 0 Å². The van der Waals surface area contributed by atoms with Crippen LogP contribution in [0, 0.1) is 18.8 Å². The maximum absolute atomic E-state index is 11.4. The molecule has 0 aliphatic rings. The van der Waals surface area contributed by atoms with E-state index in [0.29, 0.717) is 5.56 Å². The highest BCUT2D eigenvalue weighted by molar-refractivity contribution is 5.89. The fourth-order valence-corrected chi connectivity index (χ4v) is 1.21. The molecule has 0 radical (unpaired) electrons. The SMILES string of the molecule is Cc1cc(O)ccc1C#CC(=O)OC(C)(C)C. The number of aromatic hydroxyl groups is 1. The summed E-state index contributed by atoms with van der Waals surface area (Å²) < 4.78 is 5.06. The van der Waals surface area contributed by atoms with E-state index in [0.717, 1.165) is 5.56 Å². The number of phenols is 1. The van der Waals surface area contributed by atoms with E-state index in [2.05, 4.69) is 11.8 Å². The summed E-state index contributed by atoms with van der Waals surface area (Å²) in [6.45, 7) is 7.19. The topological polar surface area (TPSA) is 46.5 Å². The zero-order chi connectivity index (χ0) is 13.1. The minimum absolute atomic E-state index is 0.185. The molecule has 0 saturated heterocycles. The Kier molecular flexibility index (Phi) is 3.80. The van der Waals surface area contributed by atoms with Crippen LogP contribution < -0.4 is 0 Å². The maximum atomic E-state index is 11.4. The van der Waals surface area contributed by atoms with E-state index in [1.807, 2.05) is 6.92 Å². The Morgan fingerprint density at radius 1 is 1.35 bits per heavy atom. The standard InChI is InChI=1S/C14H16O3/c1-10-9-12(15)7-5-11(10)6-8-13(16)17-14(2,3)4/h5,7,9,15H,1-4H3. The molecule has 1 rings (SSSR count). The lowest BCUT2D eigenvalue weighted by atomic mass is 10.1. The normalized spacial score (nSPS) is 10.4. The lowest BCUT2D eigenvalue weighted by molar-refractivity contribution is -0.147. The van der Waals surface area contributed by atoms with Gasteiger partial charge in [-0.3, -0.25) is 0 Å². The van der Waals surface area contributed by atoms with E-state index in [1.54, 1.807) is 32.9 Å². The smallest absolute Gasteiger partial charge is 0.385 e. The van der Waals surface area contributed by atoms with Crippen molar-refractivity contribution in [2.24, 2.45) is 0 Å².